The smallest absolute Gasteiger partial charge is 0.326 e. The Balaban J connectivity index is 1.72. The van der Waals surface area contributed by atoms with E-state index < -0.39 is 17.7 Å². The molecular weight excluding hydrogens is 386 g/mol. The molecular formula is C22H19N3O5. The Morgan fingerprint density at radius 3 is 2.87 bits per heavy atom. The van der Waals surface area contributed by atoms with Gasteiger partial charge in [-0.3, -0.25) is 9.59 Å². The number of nitrogens with one attached hydrogen (secondary N) is 1. The van der Waals surface area contributed by atoms with Gasteiger partial charge in [0.25, 0.3) is 0 Å². The number of aromatic nitrogens is 2. The van der Waals surface area contributed by atoms with Gasteiger partial charge >= 0.3 is 5.97 Å². The van der Waals surface area contributed by atoms with Gasteiger partial charge in [-0.1, -0.05) is 12.1 Å². The fourth-order valence-corrected chi connectivity index (χ4v) is 3.14. The molecule has 2 aromatic heterocycles. The molecule has 1 aromatic carbocycles. The van der Waals surface area contributed by atoms with E-state index in [1.54, 1.807) is 55.7 Å². The van der Waals surface area contributed by atoms with Crippen LogP contribution in [0.4, 0.5) is 5.69 Å². The van der Waals surface area contributed by atoms with Crippen LogP contribution in [0, 0.1) is 5.92 Å². The summed E-state index contributed by atoms with van der Waals surface area (Å²) in [7, 11) is 0. The highest BCUT2D eigenvalue weighted by molar-refractivity contribution is 6.27. The fourth-order valence-electron chi connectivity index (χ4n) is 3.14. The van der Waals surface area contributed by atoms with Crippen molar-refractivity contribution >= 4 is 40.4 Å². The number of aliphatic hydroxyl groups excluding tert-OH is 1. The lowest BCUT2D eigenvalue weighted by atomic mass is 10.0. The second kappa shape index (κ2) is 8.30. The fraction of sp³-hybridized carbons (Fsp3) is 0.182. The molecule has 1 aliphatic heterocycles. The van der Waals surface area contributed by atoms with E-state index >= 15 is 0 Å². The number of benzene rings is 1. The number of nitrogens with zero attached hydrogens (tertiary/aromatic N) is 2. The Morgan fingerprint density at radius 2 is 2.13 bits per heavy atom. The van der Waals surface area contributed by atoms with Crippen LogP contribution in [-0.2, 0) is 25.7 Å². The molecule has 1 aliphatic rings. The number of pyridine rings is 1. The van der Waals surface area contributed by atoms with Gasteiger partial charge in [0.05, 0.1) is 18.9 Å². The topological polar surface area (TPSA) is 114 Å². The van der Waals surface area contributed by atoms with Gasteiger partial charge < -0.3 is 19.6 Å². The van der Waals surface area contributed by atoms with Crippen LogP contribution in [0.25, 0.3) is 17.1 Å². The van der Waals surface area contributed by atoms with Gasteiger partial charge in [0, 0.05) is 23.3 Å². The van der Waals surface area contributed by atoms with Crippen LogP contribution in [0.15, 0.2) is 59.5 Å². The molecule has 1 atom stereocenters. The first-order valence-electron chi connectivity index (χ1n) is 9.41. The van der Waals surface area contributed by atoms with Crippen LogP contribution in [0.2, 0.25) is 0 Å². The largest absolute Gasteiger partial charge is 0.465 e. The Hall–Kier alpha value is -3.78. The third-order valence-corrected chi connectivity index (χ3v) is 4.62. The summed E-state index contributed by atoms with van der Waals surface area (Å²) in [6.45, 7) is 1.70. The molecule has 2 N–H and O–H groups in total. The van der Waals surface area contributed by atoms with Crippen molar-refractivity contribution in [2.75, 3.05) is 6.61 Å². The minimum Gasteiger partial charge on any atom is -0.465 e. The lowest BCUT2D eigenvalue weighted by Crippen LogP contribution is -2.27. The molecule has 8 heteroatoms. The van der Waals surface area contributed by atoms with Crippen molar-refractivity contribution in [2.45, 2.75) is 13.5 Å². The van der Waals surface area contributed by atoms with Gasteiger partial charge in [0.2, 0.25) is 11.7 Å². The quantitative estimate of drug-likeness (QED) is 0.383. The highest BCUT2D eigenvalue weighted by atomic mass is 16.5. The van der Waals surface area contributed by atoms with Gasteiger partial charge in [-0.25, -0.2) is 9.98 Å². The Labute approximate surface area is 171 Å². The number of aromatic amines is 1. The number of H-pyrrole nitrogens is 1. The van der Waals surface area contributed by atoms with E-state index in [9.17, 15) is 14.7 Å². The number of fused-ring (bicyclic) bond motifs is 1. The van der Waals surface area contributed by atoms with Crippen LogP contribution >= 0.6 is 0 Å². The van der Waals surface area contributed by atoms with Crippen molar-refractivity contribution in [2.24, 2.45) is 10.9 Å². The molecule has 30 heavy (non-hydrogen) atoms. The Kier molecular flexibility index (Phi) is 5.40. The summed E-state index contributed by atoms with van der Waals surface area (Å²) < 4.78 is 10.8. The van der Waals surface area contributed by atoms with Crippen LogP contribution < -0.4 is 0 Å². The maximum atomic E-state index is 13.0. The highest BCUT2D eigenvalue weighted by Gasteiger charge is 2.44. The standard InChI is InChI=1S/C22H19N3O5/c1-2-29-22(28)18-19(27)17(10-14-11-24-20-16(14)4-3-9-23-20)30-21(18)25-15-7-5-13(12-26)6-8-15/h3-11,18,26H,2,12H2,1H3,(H,23,24)/b17-10-,25-21?. The summed E-state index contributed by atoms with van der Waals surface area (Å²) in [5.74, 6) is -2.53. The van der Waals surface area contributed by atoms with E-state index in [1.165, 1.54) is 0 Å². The van der Waals surface area contributed by atoms with Crippen LogP contribution in [0.3, 0.4) is 0 Å². The highest BCUT2D eigenvalue weighted by Crippen LogP contribution is 2.29. The summed E-state index contributed by atoms with van der Waals surface area (Å²) in [6, 6.07) is 10.4. The van der Waals surface area contributed by atoms with E-state index in [1.807, 2.05) is 6.07 Å². The second-order valence-corrected chi connectivity index (χ2v) is 6.58. The van der Waals surface area contributed by atoms with E-state index in [0.29, 0.717) is 16.9 Å². The molecule has 1 saturated heterocycles. The van der Waals surface area contributed by atoms with Gasteiger partial charge in [0.1, 0.15) is 5.65 Å². The van der Waals surface area contributed by atoms with E-state index in [2.05, 4.69) is 15.0 Å². The van der Waals surface area contributed by atoms with E-state index in [0.717, 1.165) is 10.9 Å². The van der Waals surface area contributed by atoms with Crippen molar-refractivity contribution < 1.29 is 24.2 Å². The average molecular weight is 405 g/mol. The molecule has 0 radical (unpaired) electrons. The van der Waals surface area contributed by atoms with Crippen LogP contribution in [0.5, 0.6) is 0 Å². The first-order valence-corrected chi connectivity index (χ1v) is 9.41. The van der Waals surface area contributed by atoms with E-state index in [-0.39, 0.29) is 24.9 Å². The van der Waals surface area contributed by atoms with Crippen molar-refractivity contribution in [3.05, 3.63) is 65.7 Å². The predicted molar refractivity (Wildman–Crippen MR) is 110 cm³/mol. The molecule has 4 rings (SSSR count). The number of aliphatic hydroxyl groups is 1. The number of hydrogen-bond donors (Lipinski definition) is 2. The average Bonchev–Trinajstić information content (AvgIpc) is 3.30. The van der Waals surface area contributed by atoms with Crippen LogP contribution in [-0.4, -0.2) is 39.3 Å². The second-order valence-electron chi connectivity index (χ2n) is 6.58. The molecule has 0 aliphatic carbocycles. The first-order chi connectivity index (χ1) is 14.6. The van der Waals surface area contributed by atoms with E-state index in [4.69, 9.17) is 9.47 Å². The van der Waals surface area contributed by atoms with Crippen molar-refractivity contribution in [1.82, 2.24) is 9.97 Å². The molecule has 0 amide bonds. The number of rotatable bonds is 5. The number of carbonyl (C=O) groups excluding carboxylic acids is 2. The number of esters is 1. The van der Waals surface area contributed by atoms with Crippen molar-refractivity contribution in [1.29, 1.82) is 0 Å². The minimum atomic E-state index is -1.27. The minimum absolute atomic E-state index is 0.00327. The zero-order chi connectivity index (χ0) is 21.1. The molecule has 0 saturated carbocycles. The predicted octanol–water partition coefficient (Wildman–Crippen LogP) is 2.90. The third kappa shape index (κ3) is 3.72. The maximum absolute atomic E-state index is 13.0. The molecule has 3 heterocycles. The first kappa shape index (κ1) is 19.5. The summed E-state index contributed by atoms with van der Waals surface area (Å²) >= 11 is 0. The molecule has 8 nitrogen and oxygen atoms in total. The summed E-state index contributed by atoms with van der Waals surface area (Å²) in [5.41, 5.74) is 2.59. The normalized spacial score (nSPS) is 18.9. The number of ketones is 1. The van der Waals surface area contributed by atoms with Gasteiger partial charge in [-0.2, -0.15) is 0 Å². The molecule has 0 spiro atoms. The Morgan fingerprint density at radius 1 is 1.33 bits per heavy atom. The summed E-state index contributed by atoms with van der Waals surface area (Å²) in [4.78, 5) is 37.0. The monoisotopic (exact) mass is 405 g/mol. The van der Waals surface area contributed by atoms with Gasteiger partial charge in [0.15, 0.2) is 11.7 Å². The number of Topliss-reactive ketones (excluding diaryl/α,β-unsaturated/α-hetero) is 1. The lowest BCUT2D eigenvalue weighted by molar-refractivity contribution is -0.147. The van der Waals surface area contributed by atoms with Gasteiger partial charge in [-0.15, -0.1) is 0 Å². The molecule has 152 valence electrons. The number of allylic oxidation sites excluding steroid dienone is 1. The lowest BCUT2D eigenvalue weighted by Gasteiger charge is -2.06. The van der Waals surface area contributed by atoms with Crippen molar-refractivity contribution in [3.8, 4) is 0 Å². The molecule has 0 bridgehead atoms. The SMILES string of the molecule is CCOC(=O)C1C(=O)/C(=C/c2c[nH]c3ncccc23)OC1=Nc1ccc(CO)cc1. The van der Waals surface area contributed by atoms with Crippen LogP contribution in [0.1, 0.15) is 18.1 Å². The summed E-state index contributed by atoms with van der Waals surface area (Å²) in [6.07, 6.45) is 4.94. The number of ether oxygens (including phenoxy) is 2. The molecule has 1 unspecified atom stereocenters. The summed E-state index contributed by atoms with van der Waals surface area (Å²) in [5, 5.41) is 9.99. The molecule has 3 aromatic rings. The zero-order valence-electron chi connectivity index (χ0n) is 16.2. The zero-order valence-corrected chi connectivity index (χ0v) is 16.2. The van der Waals surface area contributed by atoms with Gasteiger partial charge in [-0.05, 0) is 42.8 Å². The molecule has 1 fully saturated rings. The maximum Gasteiger partial charge on any atom is 0.326 e. The van der Waals surface area contributed by atoms with Crippen molar-refractivity contribution in [3.63, 3.8) is 0 Å². The number of hydrogen-bond acceptors (Lipinski definition) is 7. The Bertz CT molecular complexity index is 1160. The number of carbonyl (C=O) groups is 2. The number of aliphatic imine (C=N–C) groups is 1. The third-order valence-electron chi connectivity index (χ3n) is 4.62.